The number of para-hydroxylation sites is 1. The Morgan fingerprint density at radius 1 is 0.951 bits per heavy atom. The first-order chi connectivity index (χ1) is 29.6. The van der Waals surface area contributed by atoms with Gasteiger partial charge in [-0.2, -0.15) is 0 Å². The number of rotatable bonds is 16. The molecular formula is C47H50FN5O8. The third-order valence-electron chi connectivity index (χ3n) is 11.9. The standard InChI is InChI=1S/C47H50FN5O8/c1-3-31-36(52-45(57)41(31)48)26-60-47-34-23-39(59-2)35(43(49)55)22-33(34)30(25-51-47)20-19-27-15-17-28(18-16-27)24-50-21-8-4-5-10-29-11-6-7-13-37(29)61-38-14-9-12-32-40(38)44(56)53-46(58)42(32)54/h6-7,9,11-14,22-23,25,27-28,31,36,41,50H,3-5,8,10,15-18,21,24,26H2,1-2H3,(H2,49,55)(H,52,57)(H,53,56,58)/t27-,28-,31-,36+,41-/m0/s1. The molecule has 0 spiro atoms. The molecule has 1 saturated heterocycles. The van der Waals surface area contributed by atoms with Crippen LogP contribution in [0.15, 0.2) is 60.8 Å². The molecule has 4 amide bonds. The summed E-state index contributed by atoms with van der Waals surface area (Å²) in [6, 6.07) is 15.1. The number of hydrogen-bond acceptors (Lipinski definition) is 10. The van der Waals surface area contributed by atoms with E-state index in [1.807, 2.05) is 31.2 Å². The molecule has 3 heterocycles. The molecular weight excluding hydrogens is 782 g/mol. The number of Topliss-reactive ketones (excluding diaryl/α,β-unsaturated/α-hetero) is 1. The highest BCUT2D eigenvalue weighted by Crippen LogP contribution is 2.35. The molecule has 14 heteroatoms. The number of benzene rings is 3. The number of aryl methyl sites for hydroxylation is 1. The van der Waals surface area contributed by atoms with E-state index in [0.717, 1.165) is 70.0 Å². The maximum atomic E-state index is 14.4. The largest absolute Gasteiger partial charge is 0.496 e. The number of nitrogens with one attached hydrogen (secondary N) is 3. The minimum Gasteiger partial charge on any atom is -0.496 e. The Morgan fingerprint density at radius 2 is 1.74 bits per heavy atom. The number of aromatic nitrogens is 1. The Morgan fingerprint density at radius 3 is 2.51 bits per heavy atom. The van der Waals surface area contributed by atoms with Gasteiger partial charge in [0, 0.05) is 34.4 Å². The number of carbonyl (C=O) groups is 5. The van der Waals surface area contributed by atoms with Gasteiger partial charge in [0.15, 0.2) is 6.17 Å². The van der Waals surface area contributed by atoms with Crippen LogP contribution in [0.5, 0.6) is 23.1 Å². The van der Waals surface area contributed by atoms with Crippen molar-refractivity contribution in [2.75, 3.05) is 26.8 Å². The van der Waals surface area contributed by atoms with Gasteiger partial charge in [-0.15, -0.1) is 0 Å². The highest BCUT2D eigenvalue weighted by atomic mass is 19.1. The van der Waals surface area contributed by atoms with Crippen LogP contribution in [0.3, 0.4) is 0 Å². The van der Waals surface area contributed by atoms with Crippen molar-refractivity contribution in [3.63, 3.8) is 0 Å². The number of fused-ring (bicyclic) bond motifs is 2. The average molecular weight is 832 g/mol. The zero-order chi connectivity index (χ0) is 43.0. The zero-order valence-electron chi connectivity index (χ0n) is 34.3. The van der Waals surface area contributed by atoms with Crippen LogP contribution in [0.25, 0.3) is 10.8 Å². The van der Waals surface area contributed by atoms with E-state index in [0.29, 0.717) is 34.4 Å². The lowest BCUT2D eigenvalue weighted by molar-refractivity contribution is -0.124. The van der Waals surface area contributed by atoms with E-state index >= 15 is 0 Å². The fraction of sp³-hybridized carbons (Fsp3) is 0.404. The summed E-state index contributed by atoms with van der Waals surface area (Å²) in [5.41, 5.74) is 7.63. The number of nitrogens with two attached hydrogens (primary N) is 1. The van der Waals surface area contributed by atoms with E-state index in [1.54, 1.807) is 30.5 Å². The van der Waals surface area contributed by atoms with E-state index < -0.39 is 47.5 Å². The third kappa shape index (κ3) is 9.68. The number of imide groups is 1. The molecule has 3 aliphatic rings. The number of ketones is 1. The Labute approximate surface area is 353 Å². The number of unbranched alkanes of at least 4 members (excludes halogenated alkanes) is 2. The quantitative estimate of drug-likeness (QED) is 0.0452. The topological polar surface area (TPSA) is 188 Å². The van der Waals surface area contributed by atoms with Gasteiger partial charge >= 0.3 is 0 Å². The van der Waals surface area contributed by atoms with Crippen LogP contribution in [0.2, 0.25) is 0 Å². The van der Waals surface area contributed by atoms with Gasteiger partial charge in [0.25, 0.3) is 29.4 Å². The molecule has 0 bridgehead atoms. The number of primary amides is 1. The van der Waals surface area contributed by atoms with Crippen LogP contribution in [0, 0.1) is 29.6 Å². The van der Waals surface area contributed by atoms with Gasteiger partial charge in [0.1, 0.15) is 23.9 Å². The normalized spacial score (nSPS) is 20.9. The summed E-state index contributed by atoms with van der Waals surface area (Å²) < 4.78 is 32.1. The number of carbonyl (C=O) groups excluding carboxylic acids is 5. The van der Waals surface area contributed by atoms with Gasteiger partial charge in [-0.05, 0) is 106 Å². The first kappa shape index (κ1) is 42.8. The molecule has 13 nitrogen and oxygen atoms in total. The van der Waals surface area contributed by atoms with Crippen molar-refractivity contribution < 1.29 is 42.6 Å². The number of hydrogen-bond donors (Lipinski definition) is 4. The van der Waals surface area contributed by atoms with Crippen LogP contribution in [0.4, 0.5) is 4.39 Å². The van der Waals surface area contributed by atoms with Crippen molar-refractivity contribution in [1.82, 2.24) is 20.9 Å². The molecule has 7 rings (SSSR count). The zero-order valence-corrected chi connectivity index (χ0v) is 34.3. The molecule has 61 heavy (non-hydrogen) atoms. The summed E-state index contributed by atoms with van der Waals surface area (Å²) in [5, 5.41) is 9.61. The van der Waals surface area contributed by atoms with Crippen LogP contribution < -0.4 is 35.9 Å². The molecule has 0 radical (unpaired) electrons. The molecule has 3 aromatic carbocycles. The molecule has 2 fully saturated rings. The van der Waals surface area contributed by atoms with Gasteiger partial charge in [-0.1, -0.05) is 49.5 Å². The Balaban J connectivity index is 0.879. The lowest BCUT2D eigenvalue weighted by Crippen LogP contribution is -2.42. The van der Waals surface area contributed by atoms with Crippen LogP contribution in [-0.4, -0.2) is 73.4 Å². The summed E-state index contributed by atoms with van der Waals surface area (Å²) in [6.07, 6.45) is 8.34. The first-order valence-electron chi connectivity index (χ1n) is 20.9. The van der Waals surface area contributed by atoms with Gasteiger partial charge < -0.3 is 30.6 Å². The Bertz CT molecular complexity index is 2400. The number of halogens is 1. The SMILES string of the molecule is CC[C@@H]1[C@H](F)C(=O)N[C@@H]1COc1ncc(C#C[C@H]2CC[C@H](CNCCCCCc3ccccc3Oc3cccc4c3C(=O)NC(=O)C4=O)CC2)c2cc(C(N)=O)c(OC)cc12. The second-order valence-corrected chi connectivity index (χ2v) is 15.8. The Kier molecular flexibility index (Phi) is 13.6. The first-order valence-corrected chi connectivity index (χ1v) is 20.9. The lowest BCUT2D eigenvalue weighted by Gasteiger charge is -2.26. The maximum Gasteiger partial charge on any atom is 0.299 e. The second-order valence-electron chi connectivity index (χ2n) is 15.8. The third-order valence-corrected chi connectivity index (χ3v) is 11.9. The van der Waals surface area contributed by atoms with E-state index in [4.69, 9.17) is 19.9 Å². The summed E-state index contributed by atoms with van der Waals surface area (Å²) in [5.74, 6) is 4.76. The Hall–Kier alpha value is -6.33. The number of amides is 4. The lowest BCUT2D eigenvalue weighted by atomic mass is 9.82. The smallest absolute Gasteiger partial charge is 0.299 e. The van der Waals surface area contributed by atoms with Crippen molar-refractivity contribution in [3.8, 4) is 35.0 Å². The predicted octanol–water partition coefficient (Wildman–Crippen LogP) is 5.99. The van der Waals surface area contributed by atoms with E-state index in [2.05, 4.69) is 32.8 Å². The van der Waals surface area contributed by atoms with Crippen molar-refractivity contribution in [1.29, 1.82) is 0 Å². The van der Waals surface area contributed by atoms with Crippen molar-refractivity contribution in [3.05, 3.63) is 88.6 Å². The molecule has 4 aromatic rings. The van der Waals surface area contributed by atoms with Crippen molar-refractivity contribution in [2.45, 2.75) is 76.9 Å². The summed E-state index contributed by atoms with van der Waals surface area (Å²) in [6.45, 7) is 3.72. The fourth-order valence-electron chi connectivity index (χ4n) is 8.46. The highest BCUT2D eigenvalue weighted by molar-refractivity contribution is 6.49. The van der Waals surface area contributed by atoms with Gasteiger partial charge in [-0.25, -0.2) is 9.37 Å². The molecule has 1 aromatic heterocycles. The van der Waals surface area contributed by atoms with E-state index in [9.17, 15) is 28.4 Å². The fourth-order valence-corrected chi connectivity index (χ4v) is 8.46. The van der Waals surface area contributed by atoms with Gasteiger partial charge in [0.2, 0.25) is 5.88 Å². The predicted molar refractivity (Wildman–Crippen MR) is 225 cm³/mol. The van der Waals surface area contributed by atoms with E-state index in [-0.39, 0.29) is 46.6 Å². The monoisotopic (exact) mass is 831 g/mol. The molecule has 318 valence electrons. The minimum absolute atomic E-state index is 0.0280. The highest BCUT2D eigenvalue weighted by Gasteiger charge is 2.42. The second kappa shape index (κ2) is 19.4. The van der Waals surface area contributed by atoms with Crippen LogP contribution >= 0.6 is 0 Å². The van der Waals surface area contributed by atoms with Crippen LogP contribution in [-0.2, 0) is 16.0 Å². The molecule has 3 atom stereocenters. The molecule has 1 saturated carbocycles. The molecule has 0 unspecified atom stereocenters. The molecule has 1 aliphatic carbocycles. The number of nitrogens with zero attached hydrogens (tertiary/aromatic N) is 1. The molecule has 5 N–H and O–H groups in total. The van der Waals surface area contributed by atoms with Crippen molar-refractivity contribution >= 4 is 40.2 Å². The van der Waals surface area contributed by atoms with Gasteiger partial charge in [0.05, 0.1) is 29.8 Å². The summed E-state index contributed by atoms with van der Waals surface area (Å²) in [4.78, 5) is 65.6. The van der Waals surface area contributed by atoms with Crippen molar-refractivity contribution in [2.24, 2.45) is 23.5 Å². The van der Waals surface area contributed by atoms with Crippen LogP contribution in [0.1, 0.15) is 100 Å². The number of methoxy groups -OCH3 is 1. The van der Waals surface area contributed by atoms with Gasteiger partial charge in [-0.3, -0.25) is 29.3 Å². The maximum absolute atomic E-state index is 14.4. The van der Waals surface area contributed by atoms with E-state index in [1.165, 1.54) is 13.2 Å². The molecule has 2 aliphatic heterocycles. The number of alkyl halides is 1. The summed E-state index contributed by atoms with van der Waals surface area (Å²) in [7, 11) is 1.44. The average Bonchev–Trinajstić information content (AvgIpc) is 3.54. The minimum atomic E-state index is -1.58. The summed E-state index contributed by atoms with van der Waals surface area (Å²) >= 11 is 0. The number of ether oxygens (including phenoxy) is 3. The number of pyridine rings is 1.